The second-order valence-electron chi connectivity index (χ2n) is 4.45. The maximum absolute atomic E-state index is 13.3. The Balaban J connectivity index is 2.28. The molecular formula is C12H14BrFO3S. The molecule has 0 radical (unpaired) electrons. The van der Waals surface area contributed by atoms with Gasteiger partial charge in [0.15, 0.2) is 9.84 Å². The molecule has 0 spiro atoms. The van der Waals surface area contributed by atoms with Crippen LogP contribution >= 0.6 is 15.9 Å². The van der Waals surface area contributed by atoms with Gasteiger partial charge in [-0.05, 0) is 30.5 Å². The highest BCUT2D eigenvalue weighted by molar-refractivity contribution is 9.09. The average Bonchev–Trinajstić information content (AvgIpc) is 2.68. The standard InChI is InChI=1S/C12H14BrFO3S/c1-17-11-3-2-9(14)6-10(11)12(13)8-4-5-18(15,16)7-8/h2-3,6,8,12H,4-5,7H2,1H3. The zero-order valence-corrected chi connectivity index (χ0v) is 12.3. The third-order valence-electron chi connectivity index (χ3n) is 3.17. The van der Waals surface area contributed by atoms with Crippen molar-refractivity contribution in [2.24, 2.45) is 5.92 Å². The van der Waals surface area contributed by atoms with Crippen LogP contribution in [0.2, 0.25) is 0 Å². The second kappa shape index (κ2) is 5.17. The Bertz CT molecular complexity index is 544. The van der Waals surface area contributed by atoms with Crippen LogP contribution in [-0.2, 0) is 9.84 Å². The molecule has 100 valence electrons. The first-order chi connectivity index (χ1) is 8.43. The molecule has 18 heavy (non-hydrogen) atoms. The summed E-state index contributed by atoms with van der Waals surface area (Å²) in [6, 6.07) is 4.28. The average molecular weight is 337 g/mol. The van der Waals surface area contributed by atoms with Crippen LogP contribution in [0.15, 0.2) is 18.2 Å². The van der Waals surface area contributed by atoms with Crippen molar-refractivity contribution < 1.29 is 17.5 Å². The number of rotatable bonds is 3. The van der Waals surface area contributed by atoms with E-state index in [2.05, 4.69) is 15.9 Å². The van der Waals surface area contributed by atoms with Gasteiger partial charge in [-0.2, -0.15) is 0 Å². The molecule has 1 aromatic rings. The Morgan fingerprint density at radius 1 is 1.50 bits per heavy atom. The van der Waals surface area contributed by atoms with Crippen molar-refractivity contribution in [2.45, 2.75) is 11.2 Å². The number of halogens is 2. The van der Waals surface area contributed by atoms with E-state index in [1.54, 1.807) is 6.07 Å². The number of hydrogen-bond donors (Lipinski definition) is 0. The van der Waals surface area contributed by atoms with Gasteiger partial charge >= 0.3 is 0 Å². The van der Waals surface area contributed by atoms with Crippen molar-refractivity contribution in [1.82, 2.24) is 0 Å². The van der Waals surface area contributed by atoms with Gasteiger partial charge in [0, 0.05) is 10.4 Å². The highest BCUT2D eigenvalue weighted by Gasteiger charge is 2.34. The molecule has 1 aliphatic heterocycles. The summed E-state index contributed by atoms with van der Waals surface area (Å²) in [5, 5.41) is 0. The lowest BCUT2D eigenvalue weighted by atomic mass is 9.98. The number of methoxy groups -OCH3 is 1. The van der Waals surface area contributed by atoms with E-state index in [1.807, 2.05) is 0 Å². The second-order valence-corrected chi connectivity index (χ2v) is 7.67. The topological polar surface area (TPSA) is 43.4 Å². The van der Waals surface area contributed by atoms with Crippen molar-refractivity contribution in [3.8, 4) is 5.75 Å². The van der Waals surface area contributed by atoms with Gasteiger partial charge in [0.25, 0.3) is 0 Å². The van der Waals surface area contributed by atoms with Crippen LogP contribution in [0.3, 0.4) is 0 Å². The lowest BCUT2D eigenvalue weighted by Gasteiger charge is -2.19. The minimum absolute atomic E-state index is 0.0364. The molecule has 0 saturated carbocycles. The molecule has 0 aromatic heterocycles. The van der Waals surface area contributed by atoms with Crippen LogP contribution in [0.4, 0.5) is 4.39 Å². The molecule has 0 amide bonds. The lowest BCUT2D eigenvalue weighted by Crippen LogP contribution is -2.11. The van der Waals surface area contributed by atoms with Gasteiger partial charge in [-0.25, -0.2) is 12.8 Å². The van der Waals surface area contributed by atoms with Crippen molar-refractivity contribution in [1.29, 1.82) is 0 Å². The summed E-state index contributed by atoms with van der Waals surface area (Å²) in [7, 11) is -1.43. The van der Waals surface area contributed by atoms with Crippen molar-refractivity contribution in [2.75, 3.05) is 18.6 Å². The predicted octanol–water partition coefficient (Wildman–Crippen LogP) is 2.71. The van der Waals surface area contributed by atoms with E-state index in [4.69, 9.17) is 4.74 Å². The van der Waals surface area contributed by atoms with Crippen molar-refractivity contribution >= 4 is 25.8 Å². The third kappa shape index (κ3) is 2.85. The Hall–Kier alpha value is -0.620. The third-order valence-corrected chi connectivity index (χ3v) is 6.21. The van der Waals surface area contributed by atoms with Crippen LogP contribution in [0, 0.1) is 11.7 Å². The molecule has 2 unspecified atom stereocenters. The first kappa shape index (κ1) is 13.8. The molecule has 1 fully saturated rings. The van der Waals surface area contributed by atoms with E-state index < -0.39 is 9.84 Å². The predicted molar refractivity (Wildman–Crippen MR) is 71.4 cm³/mol. The summed E-state index contributed by atoms with van der Waals surface area (Å²) in [4.78, 5) is -0.208. The van der Waals surface area contributed by atoms with Crippen LogP contribution in [0.25, 0.3) is 0 Å². The molecular weight excluding hydrogens is 323 g/mol. The molecule has 0 aliphatic carbocycles. The van der Waals surface area contributed by atoms with Gasteiger partial charge in [-0.15, -0.1) is 0 Å². The van der Waals surface area contributed by atoms with Crippen molar-refractivity contribution in [3.63, 3.8) is 0 Å². The fraction of sp³-hybridized carbons (Fsp3) is 0.500. The number of benzene rings is 1. The van der Waals surface area contributed by atoms with E-state index in [0.29, 0.717) is 17.7 Å². The minimum Gasteiger partial charge on any atom is -0.496 e. The monoisotopic (exact) mass is 336 g/mol. The van der Waals surface area contributed by atoms with Crippen LogP contribution in [0.1, 0.15) is 16.8 Å². The van der Waals surface area contributed by atoms with E-state index in [9.17, 15) is 12.8 Å². The quantitative estimate of drug-likeness (QED) is 0.797. The molecule has 0 N–H and O–H groups in total. The van der Waals surface area contributed by atoms with Gasteiger partial charge in [0.1, 0.15) is 11.6 Å². The van der Waals surface area contributed by atoms with E-state index >= 15 is 0 Å². The zero-order chi connectivity index (χ0) is 13.3. The lowest BCUT2D eigenvalue weighted by molar-refractivity contribution is 0.404. The summed E-state index contributed by atoms with van der Waals surface area (Å²) >= 11 is 3.48. The number of hydrogen-bond acceptors (Lipinski definition) is 3. The summed E-state index contributed by atoms with van der Waals surface area (Å²) in [5.41, 5.74) is 0.666. The Morgan fingerprint density at radius 3 is 2.78 bits per heavy atom. The summed E-state index contributed by atoms with van der Waals surface area (Å²) in [6.45, 7) is 0. The number of alkyl halides is 1. The van der Waals surface area contributed by atoms with Gasteiger partial charge in [0.2, 0.25) is 0 Å². The first-order valence-electron chi connectivity index (χ1n) is 5.61. The summed E-state index contributed by atoms with van der Waals surface area (Å²) < 4.78 is 41.4. The van der Waals surface area contributed by atoms with Crippen LogP contribution in [0.5, 0.6) is 5.75 Å². The number of sulfone groups is 1. The van der Waals surface area contributed by atoms with Gasteiger partial charge < -0.3 is 4.74 Å². The molecule has 0 bridgehead atoms. The number of ether oxygens (including phenoxy) is 1. The van der Waals surface area contributed by atoms with Gasteiger partial charge in [-0.3, -0.25) is 0 Å². The largest absolute Gasteiger partial charge is 0.496 e. The fourth-order valence-corrected chi connectivity index (χ4v) is 5.13. The summed E-state index contributed by atoms with van der Waals surface area (Å²) in [5.74, 6) is 0.532. The van der Waals surface area contributed by atoms with Crippen molar-refractivity contribution in [3.05, 3.63) is 29.6 Å². The highest BCUT2D eigenvalue weighted by Crippen LogP contribution is 2.41. The molecule has 2 atom stereocenters. The molecule has 6 heteroatoms. The molecule has 2 rings (SSSR count). The normalized spacial score (nSPS) is 23.8. The smallest absolute Gasteiger partial charge is 0.150 e. The van der Waals surface area contributed by atoms with Gasteiger partial charge in [0.05, 0.1) is 18.6 Å². The van der Waals surface area contributed by atoms with E-state index in [-0.39, 0.29) is 28.1 Å². The molecule has 1 aromatic carbocycles. The first-order valence-corrected chi connectivity index (χ1v) is 8.34. The zero-order valence-electron chi connectivity index (χ0n) is 9.90. The van der Waals surface area contributed by atoms with Crippen LogP contribution in [-0.4, -0.2) is 27.0 Å². The fourth-order valence-electron chi connectivity index (χ4n) is 2.23. The SMILES string of the molecule is COc1ccc(F)cc1C(Br)C1CCS(=O)(=O)C1. The van der Waals surface area contributed by atoms with E-state index in [1.165, 1.54) is 19.2 Å². The van der Waals surface area contributed by atoms with Crippen LogP contribution < -0.4 is 4.74 Å². The maximum Gasteiger partial charge on any atom is 0.150 e. The highest BCUT2D eigenvalue weighted by atomic mass is 79.9. The Labute approximate surface area is 114 Å². The molecule has 1 saturated heterocycles. The minimum atomic E-state index is -2.94. The summed E-state index contributed by atoms with van der Waals surface area (Å²) in [6.07, 6.45) is 0.595. The molecule has 1 aliphatic rings. The Kier molecular flexibility index (Phi) is 3.96. The maximum atomic E-state index is 13.3. The Morgan fingerprint density at radius 2 is 2.22 bits per heavy atom. The molecule has 1 heterocycles. The molecule has 3 nitrogen and oxygen atoms in total. The van der Waals surface area contributed by atoms with E-state index in [0.717, 1.165) is 0 Å². The van der Waals surface area contributed by atoms with Gasteiger partial charge in [-0.1, -0.05) is 15.9 Å².